The number of aromatic hydroxyl groups is 1. The Kier molecular flexibility index (Phi) is 5.44. The van der Waals surface area contributed by atoms with Gasteiger partial charge in [0.05, 0.1) is 11.7 Å². The highest BCUT2D eigenvalue weighted by Gasteiger charge is 2.30. The Morgan fingerprint density at radius 1 is 1.34 bits per heavy atom. The molecule has 1 amide bonds. The van der Waals surface area contributed by atoms with Crippen LogP contribution in [0, 0.1) is 5.41 Å². The summed E-state index contributed by atoms with van der Waals surface area (Å²) in [6.07, 6.45) is 4.94. The number of rotatable bonds is 6. The lowest BCUT2D eigenvalue weighted by molar-refractivity contribution is 0.0944. The van der Waals surface area contributed by atoms with E-state index in [0.29, 0.717) is 29.2 Å². The van der Waals surface area contributed by atoms with Crippen LogP contribution in [0.25, 0.3) is 16.9 Å². The average Bonchev–Trinajstić information content (AvgIpc) is 3.38. The van der Waals surface area contributed by atoms with Gasteiger partial charge >= 0.3 is 0 Å². The summed E-state index contributed by atoms with van der Waals surface area (Å²) < 4.78 is 8.63. The third kappa shape index (κ3) is 4.32. The van der Waals surface area contributed by atoms with Gasteiger partial charge in [0, 0.05) is 31.0 Å². The summed E-state index contributed by atoms with van der Waals surface area (Å²) in [4.78, 5) is 30.3. The van der Waals surface area contributed by atoms with Crippen LogP contribution in [-0.4, -0.2) is 42.3 Å². The Balaban J connectivity index is 1.93. The van der Waals surface area contributed by atoms with E-state index in [1.54, 1.807) is 24.5 Å². The molecule has 0 aromatic carbocycles. The van der Waals surface area contributed by atoms with E-state index >= 15 is 0 Å². The highest BCUT2D eigenvalue weighted by molar-refractivity contribution is 5.96. The molecule has 170 valence electrons. The smallest absolute Gasteiger partial charge is 0.270 e. The molecule has 0 bridgehead atoms. The van der Waals surface area contributed by atoms with Crippen molar-refractivity contribution < 1.29 is 14.6 Å². The first-order chi connectivity index (χ1) is 15.0. The number of fused-ring (bicyclic) bond motifs is 1. The van der Waals surface area contributed by atoms with Crippen LogP contribution in [0.5, 0.6) is 11.6 Å². The second-order valence-corrected chi connectivity index (χ2v) is 9.74. The molecule has 9 heteroatoms. The van der Waals surface area contributed by atoms with Gasteiger partial charge in [0.1, 0.15) is 17.1 Å². The summed E-state index contributed by atoms with van der Waals surface area (Å²) >= 11 is 0. The van der Waals surface area contributed by atoms with Crippen LogP contribution in [0.2, 0.25) is 0 Å². The van der Waals surface area contributed by atoms with Gasteiger partial charge in [-0.25, -0.2) is 0 Å². The van der Waals surface area contributed by atoms with Gasteiger partial charge in [-0.2, -0.15) is 9.61 Å². The number of carbonyl (C=O) groups excluding carboxylic acids is 1. The molecule has 0 saturated heterocycles. The molecule has 3 heterocycles. The minimum atomic E-state index is -0.582. The fraction of sp³-hybridized carbons (Fsp3) is 0.478. The number of amides is 1. The molecule has 4 rings (SSSR count). The minimum absolute atomic E-state index is 0.0485. The van der Waals surface area contributed by atoms with E-state index in [0.717, 1.165) is 12.8 Å². The Hall–Kier alpha value is -3.36. The number of carbonyl (C=O) groups is 1. The van der Waals surface area contributed by atoms with Crippen LogP contribution in [0.3, 0.4) is 0 Å². The molecule has 2 N–H and O–H groups in total. The SMILES string of the molecule is CC(C)Oc1ccncc1-c1cc2n(CC(C)(C)C)c(=O)c(C(=O)NC3CC3)c(O)n2n1. The van der Waals surface area contributed by atoms with Gasteiger partial charge in [-0.3, -0.25) is 19.1 Å². The molecular weight excluding hydrogens is 410 g/mol. The molecule has 0 atom stereocenters. The highest BCUT2D eigenvalue weighted by Crippen LogP contribution is 2.31. The summed E-state index contributed by atoms with van der Waals surface area (Å²) in [7, 11) is 0. The van der Waals surface area contributed by atoms with Crippen LogP contribution in [-0.2, 0) is 6.54 Å². The van der Waals surface area contributed by atoms with E-state index in [-0.39, 0.29) is 23.1 Å². The van der Waals surface area contributed by atoms with Gasteiger partial charge in [0.25, 0.3) is 11.5 Å². The fourth-order valence-electron chi connectivity index (χ4n) is 3.53. The van der Waals surface area contributed by atoms with E-state index in [2.05, 4.69) is 15.4 Å². The first-order valence-electron chi connectivity index (χ1n) is 10.8. The van der Waals surface area contributed by atoms with E-state index in [9.17, 15) is 14.7 Å². The van der Waals surface area contributed by atoms with Gasteiger partial charge in [-0.05, 0) is 38.2 Å². The Labute approximate surface area is 186 Å². The monoisotopic (exact) mass is 439 g/mol. The zero-order chi connectivity index (χ0) is 23.2. The summed E-state index contributed by atoms with van der Waals surface area (Å²) in [5.74, 6) is -0.467. The number of pyridine rings is 1. The topological polar surface area (TPSA) is 111 Å². The Morgan fingerprint density at radius 2 is 2.06 bits per heavy atom. The second kappa shape index (κ2) is 7.96. The number of hydrogen-bond donors (Lipinski definition) is 2. The quantitative estimate of drug-likeness (QED) is 0.611. The highest BCUT2D eigenvalue weighted by atomic mass is 16.5. The predicted molar refractivity (Wildman–Crippen MR) is 120 cm³/mol. The molecule has 1 saturated carbocycles. The molecule has 0 aliphatic heterocycles. The van der Waals surface area contributed by atoms with Crippen LogP contribution >= 0.6 is 0 Å². The standard InChI is InChI=1S/C23H29N5O4/c1-13(2)32-17-8-9-24-11-15(17)16-10-18-27(12-23(3,4)5)21(30)19(22(31)28(18)26-16)20(29)25-14-6-7-14/h8-11,13-14,31H,6-7,12H2,1-5H3,(H,25,29). The number of nitrogens with one attached hydrogen (secondary N) is 1. The second-order valence-electron chi connectivity index (χ2n) is 9.74. The van der Waals surface area contributed by atoms with E-state index in [1.165, 1.54) is 9.08 Å². The van der Waals surface area contributed by atoms with Gasteiger partial charge in [-0.15, -0.1) is 0 Å². The van der Waals surface area contributed by atoms with Gasteiger partial charge < -0.3 is 15.2 Å². The zero-order valence-corrected chi connectivity index (χ0v) is 19.0. The molecular formula is C23H29N5O4. The molecule has 9 nitrogen and oxygen atoms in total. The van der Waals surface area contributed by atoms with Crippen LogP contribution in [0.15, 0.2) is 29.3 Å². The predicted octanol–water partition coefficient (Wildman–Crippen LogP) is 2.99. The van der Waals surface area contributed by atoms with Crippen LogP contribution in [0.4, 0.5) is 0 Å². The summed E-state index contributed by atoms with van der Waals surface area (Å²) in [6.45, 7) is 10.2. The Bertz CT molecular complexity index is 1230. The van der Waals surface area contributed by atoms with Crippen LogP contribution in [0.1, 0.15) is 57.8 Å². The Morgan fingerprint density at radius 3 is 2.69 bits per heavy atom. The largest absolute Gasteiger partial charge is 0.492 e. The van der Waals surface area contributed by atoms with Gasteiger partial charge in [0.2, 0.25) is 5.88 Å². The van der Waals surface area contributed by atoms with Crippen molar-refractivity contribution in [3.8, 4) is 22.9 Å². The summed E-state index contributed by atoms with van der Waals surface area (Å²) in [6, 6.07) is 3.50. The molecule has 1 fully saturated rings. The lowest BCUT2D eigenvalue weighted by Crippen LogP contribution is -2.37. The molecule has 0 unspecified atom stereocenters. The fourth-order valence-corrected chi connectivity index (χ4v) is 3.53. The first-order valence-corrected chi connectivity index (χ1v) is 10.8. The van der Waals surface area contributed by atoms with Gasteiger partial charge in [0.15, 0.2) is 5.56 Å². The summed E-state index contributed by atoms with van der Waals surface area (Å²) in [5.41, 5.74) is 0.400. The van der Waals surface area contributed by atoms with E-state index in [1.807, 2.05) is 34.6 Å². The number of nitrogens with zero attached hydrogens (tertiary/aromatic N) is 4. The first kappa shape index (κ1) is 21.9. The number of hydrogen-bond acceptors (Lipinski definition) is 6. The maximum Gasteiger partial charge on any atom is 0.270 e. The minimum Gasteiger partial charge on any atom is -0.492 e. The van der Waals surface area contributed by atoms with Crippen molar-refractivity contribution in [1.29, 1.82) is 0 Å². The zero-order valence-electron chi connectivity index (χ0n) is 19.0. The van der Waals surface area contributed by atoms with Crippen molar-refractivity contribution in [2.45, 2.75) is 66.2 Å². The molecule has 0 radical (unpaired) electrons. The van der Waals surface area contributed by atoms with Crippen molar-refractivity contribution in [2.24, 2.45) is 5.41 Å². The van der Waals surface area contributed by atoms with Crippen molar-refractivity contribution in [1.82, 2.24) is 24.5 Å². The molecule has 1 aliphatic rings. The third-order valence-corrected chi connectivity index (χ3v) is 5.04. The van der Waals surface area contributed by atoms with Crippen molar-refractivity contribution >= 4 is 11.6 Å². The number of ether oxygens (including phenoxy) is 1. The van der Waals surface area contributed by atoms with E-state index in [4.69, 9.17) is 4.74 Å². The maximum atomic E-state index is 13.3. The molecule has 3 aromatic rings. The van der Waals surface area contributed by atoms with Crippen molar-refractivity contribution in [3.05, 3.63) is 40.4 Å². The third-order valence-electron chi connectivity index (χ3n) is 5.04. The lowest BCUT2D eigenvalue weighted by atomic mass is 9.97. The molecule has 32 heavy (non-hydrogen) atoms. The number of aromatic nitrogens is 4. The average molecular weight is 440 g/mol. The van der Waals surface area contributed by atoms with Crippen LogP contribution < -0.4 is 15.6 Å². The maximum absolute atomic E-state index is 13.3. The normalized spacial score (nSPS) is 14.2. The van der Waals surface area contributed by atoms with E-state index < -0.39 is 17.3 Å². The van der Waals surface area contributed by atoms with Gasteiger partial charge in [-0.1, -0.05) is 20.8 Å². The molecule has 3 aromatic heterocycles. The molecule has 1 aliphatic carbocycles. The lowest BCUT2D eigenvalue weighted by Gasteiger charge is -2.21. The summed E-state index contributed by atoms with van der Waals surface area (Å²) in [5, 5.41) is 18.2. The molecule has 0 spiro atoms. The van der Waals surface area contributed by atoms with Crippen molar-refractivity contribution in [2.75, 3.05) is 0 Å². The van der Waals surface area contributed by atoms with Crippen molar-refractivity contribution in [3.63, 3.8) is 0 Å².